The second-order valence-electron chi connectivity index (χ2n) is 15.2. The van der Waals surface area contributed by atoms with E-state index in [0.29, 0.717) is 79.0 Å². The third kappa shape index (κ3) is 48.0. The predicted molar refractivity (Wildman–Crippen MR) is 269 cm³/mol. The number of methoxy groups -OCH3 is 4. The van der Waals surface area contributed by atoms with E-state index < -0.39 is 0 Å². The average molecular weight is 991 g/mol. The van der Waals surface area contributed by atoms with Gasteiger partial charge in [0.1, 0.15) is 0 Å². The first-order valence-corrected chi connectivity index (χ1v) is 23.8. The third-order valence-corrected chi connectivity index (χ3v) is 9.72. The van der Waals surface area contributed by atoms with Crippen LogP contribution in [0.5, 0.6) is 0 Å². The Labute approximate surface area is 438 Å². The number of hydrogen-bond acceptors (Lipinski definition) is 17. The van der Waals surface area contributed by atoms with Crippen molar-refractivity contribution in [3.63, 3.8) is 0 Å². The van der Waals surface area contributed by atoms with E-state index in [-0.39, 0.29) is 64.0 Å². The van der Waals surface area contributed by atoms with Crippen LogP contribution in [0.1, 0.15) is 18.1 Å². The third-order valence-electron chi connectivity index (χ3n) is 9.72. The first kappa shape index (κ1) is 69.1. The summed E-state index contributed by atoms with van der Waals surface area (Å²) in [6.07, 6.45) is 0. The van der Waals surface area contributed by atoms with Gasteiger partial charge in [-0.25, -0.2) is 0 Å². The molecule has 4 rings (SSSR count). The minimum atomic E-state index is 0. The van der Waals surface area contributed by atoms with Gasteiger partial charge in [0.05, 0.1) is 112 Å². The molecule has 1 heterocycles. The van der Waals surface area contributed by atoms with Gasteiger partial charge in [0, 0.05) is 107 Å². The molecule has 1 aliphatic rings. The molecule has 1 fully saturated rings. The van der Waals surface area contributed by atoms with Crippen molar-refractivity contribution in [2.75, 3.05) is 199 Å². The van der Waals surface area contributed by atoms with Crippen LogP contribution in [0.15, 0.2) is 91.0 Å². The molecular weight excluding hydrogens is 900 g/mol. The Morgan fingerprint density at radius 2 is 0.565 bits per heavy atom. The van der Waals surface area contributed by atoms with E-state index in [1.165, 1.54) is 5.56 Å². The van der Waals surface area contributed by atoms with E-state index in [2.05, 4.69) is 26.7 Å². The van der Waals surface area contributed by atoms with Crippen molar-refractivity contribution in [3.05, 3.63) is 108 Å². The minimum absolute atomic E-state index is 0. The molecule has 0 unspecified atom stereocenters. The van der Waals surface area contributed by atoms with E-state index in [1.807, 2.05) is 88.7 Å². The first-order chi connectivity index (χ1) is 33.4. The van der Waals surface area contributed by atoms with Crippen molar-refractivity contribution in [2.24, 2.45) is 0 Å². The standard InChI is InChI=1S/C15H25NO3.2C13H21NO3.C8H19NO3.C2H4O.Na.H/c1-17-11-8-16(9-12-18-2)10-13-19-14-15-6-4-3-5-7-15;2*15-9-6-14(7-10-16)8-11-17-12-13-4-2-1-3-5-13;1-11-7-4-9(3-6-10)5-8-12-2;1-2-3-1;;/h3-7H,8-14H2,1-2H3;2*1-5,15-16H,6-12H2;10H,3-8H2,1-2H3;1-2H2;;/q;;;;;+1;-1. The van der Waals surface area contributed by atoms with Crippen LogP contribution in [-0.4, -0.2) is 245 Å². The molecular formula is C51H91N4NaO13. The summed E-state index contributed by atoms with van der Waals surface area (Å²) in [5.41, 5.74) is 3.52. The summed E-state index contributed by atoms with van der Waals surface area (Å²) in [7, 11) is 6.79. The molecule has 0 bridgehead atoms. The quantitative estimate of drug-likeness (QED) is 0.0282. The molecule has 0 saturated carbocycles. The van der Waals surface area contributed by atoms with E-state index >= 15 is 0 Å². The van der Waals surface area contributed by atoms with Crippen LogP contribution >= 0.6 is 0 Å². The van der Waals surface area contributed by atoms with Crippen LogP contribution in [0, 0.1) is 0 Å². The maximum absolute atomic E-state index is 8.83. The second-order valence-corrected chi connectivity index (χ2v) is 15.2. The minimum Gasteiger partial charge on any atom is -1.00 e. The number of aliphatic hydroxyl groups excluding tert-OH is 5. The Balaban J connectivity index is -0.000000836. The number of ether oxygens (including phenoxy) is 8. The summed E-state index contributed by atoms with van der Waals surface area (Å²) in [4.78, 5) is 8.35. The monoisotopic (exact) mass is 991 g/mol. The molecule has 17 nitrogen and oxygen atoms in total. The molecule has 0 spiro atoms. The Kier molecular flexibility index (Phi) is 55.3. The van der Waals surface area contributed by atoms with Gasteiger partial charge in [-0.1, -0.05) is 91.0 Å². The number of rotatable bonds is 37. The average Bonchev–Trinajstić information content (AvgIpc) is 4.27. The summed E-state index contributed by atoms with van der Waals surface area (Å²) in [6.45, 7) is 18.2. The molecule has 18 heteroatoms. The summed E-state index contributed by atoms with van der Waals surface area (Å²) in [5, 5.41) is 44.0. The van der Waals surface area contributed by atoms with Crippen molar-refractivity contribution in [1.29, 1.82) is 0 Å². The van der Waals surface area contributed by atoms with Crippen molar-refractivity contribution < 1.29 is 94.4 Å². The zero-order valence-corrected chi connectivity index (χ0v) is 45.0. The SMILES string of the molecule is C1CO1.COCCN(CCO)CCOC.COCCN(CCOC)CCOCc1ccccc1.OCCN(CCO)CCOCc1ccccc1.OCCN(CCO)CCOCc1ccccc1.[H-].[Na+]. The molecule has 5 N–H and O–H groups in total. The van der Waals surface area contributed by atoms with Crippen molar-refractivity contribution >= 4 is 0 Å². The Hall–Kier alpha value is -2.02. The normalized spacial score (nSPS) is 11.4. The predicted octanol–water partition coefficient (Wildman–Crippen LogP) is -0.516. The van der Waals surface area contributed by atoms with Gasteiger partial charge >= 0.3 is 29.6 Å². The van der Waals surface area contributed by atoms with Gasteiger partial charge in [0.15, 0.2) is 0 Å². The van der Waals surface area contributed by atoms with Gasteiger partial charge in [0.2, 0.25) is 0 Å². The zero-order valence-electron chi connectivity index (χ0n) is 44.0. The van der Waals surface area contributed by atoms with E-state index in [0.717, 1.165) is 90.0 Å². The summed E-state index contributed by atoms with van der Waals surface area (Å²) in [6, 6.07) is 30.3. The molecule has 1 aliphatic heterocycles. The van der Waals surface area contributed by atoms with Crippen LogP contribution in [0.2, 0.25) is 0 Å². The molecule has 3 aromatic rings. The summed E-state index contributed by atoms with van der Waals surface area (Å²) in [5.74, 6) is 0. The first-order valence-electron chi connectivity index (χ1n) is 23.8. The maximum Gasteiger partial charge on any atom is 1.00 e. The second kappa shape index (κ2) is 55.3. The van der Waals surface area contributed by atoms with Crippen LogP contribution in [-0.2, 0) is 57.7 Å². The topological polar surface area (TPSA) is 191 Å². The van der Waals surface area contributed by atoms with Crippen LogP contribution in [0.3, 0.4) is 0 Å². The fraction of sp³-hybridized carbons (Fsp3) is 0.647. The van der Waals surface area contributed by atoms with E-state index in [4.69, 9.17) is 58.7 Å². The molecule has 3 aromatic carbocycles. The van der Waals surface area contributed by atoms with Crippen molar-refractivity contribution in [1.82, 2.24) is 19.6 Å². The fourth-order valence-electron chi connectivity index (χ4n) is 5.80. The van der Waals surface area contributed by atoms with Gasteiger partial charge in [-0.3, -0.25) is 19.6 Å². The molecule has 0 radical (unpaired) electrons. The van der Waals surface area contributed by atoms with E-state index in [9.17, 15) is 0 Å². The molecule has 394 valence electrons. The van der Waals surface area contributed by atoms with Gasteiger partial charge in [-0.15, -0.1) is 0 Å². The summed E-state index contributed by atoms with van der Waals surface area (Å²) < 4.78 is 41.3. The van der Waals surface area contributed by atoms with Gasteiger partial charge in [-0.05, 0) is 16.7 Å². The van der Waals surface area contributed by atoms with Crippen LogP contribution in [0.4, 0.5) is 0 Å². The number of aliphatic hydroxyl groups is 5. The number of nitrogens with zero attached hydrogens (tertiary/aromatic N) is 4. The molecule has 0 aromatic heterocycles. The van der Waals surface area contributed by atoms with E-state index in [1.54, 1.807) is 28.4 Å². The zero-order chi connectivity index (χ0) is 49.8. The number of benzene rings is 3. The van der Waals surface area contributed by atoms with Gasteiger partial charge < -0.3 is 64.9 Å². The van der Waals surface area contributed by atoms with Gasteiger partial charge in [0.25, 0.3) is 0 Å². The molecule has 0 amide bonds. The largest absolute Gasteiger partial charge is 1.00 e. The number of epoxide rings is 1. The fourth-order valence-corrected chi connectivity index (χ4v) is 5.80. The van der Waals surface area contributed by atoms with Crippen molar-refractivity contribution in [2.45, 2.75) is 19.8 Å². The van der Waals surface area contributed by atoms with Crippen LogP contribution in [0.25, 0.3) is 0 Å². The smallest absolute Gasteiger partial charge is 1.00 e. The summed E-state index contributed by atoms with van der Waals surface area (Å²) >= 11 is 0. The molecule has 69 heavy (non-hydrogen) atoms. The molecule has 0 aliphatic carbocycles. The van der Waals surface area contributed by atoms with Gasteiger partial charge in [-0.2, -0.15) is 0 Å². The Morgan fingerprint density at radius 1 is 0.362 bits per heavy atom. The van der Waals surface area contributed by atoms with Crippen molar-refractivity contribution in [3.8, 4) is 0 Å². The molecule has 0 atom stereocenters. The Morgan fingerprint density at radius 3 is 0.768 bits per heavy atom. The Bertz CT molecular complexity index is 1320. The number of hydrogen-bond donors (Lipinski definition) is 5. The molecule has 1 saturated heterocycles. The maximum atomic E-state index is 8.83. The van der Waals surface area contributed by atoms with Crippen LogP contribution < -0.4 is 29.6 Å².